The van der Waals surface area contributed by atoms with Crippen molar-refractivity contribution < 1.29 is 43.6 Å². The predicted octanol–water partition coefficient (Wildman–Crippen LogP) is 5.23. The third-order valence-corrected chi connectivity index (χ3v) is 11.0. The Morgan fingerprint density at radius 2 is 1.47 bits per heavy atom. The summed E-state index contributed by atoms with van der Waals surface area (Å²) in [5.41, 5.74) is 1.04. The molecule has 4 rings (SSSR count). The molecule has 49 heavy (non-hydrogen) atoms. The van der Waals surface area contributed by atoms with Crippen LogP contribution in [0.4, 0.5) is 23.0 Å². The lowest BCUT2D eigenvalue weighted by atomic mass is 10.1. The number of fused-ring (bicyclic) bond motifs is 1. The topological polar surface area (TPSA) is 256 Å². The minimum absolute atomic E-state index is 0.123. The van der Waals surface area contributed by atoms with Gasteiger partial charge in [-0.3, -0.25) is 0 Å². The van der Waals surface area contributed by atoms with E-state index in [1.54, 1.807) is 13.0 Å². The molecule has 1 heterocycles. The molecule has 16 nitrogen and oxygen atoms in total. The van der Waals surface area contributed by atoms with Crippen LogP contribution in [0.2, 0.25) is 0 Å². The van der Waals surface area contributed by atoms with Gasteiger partial charge in [0.15, 0.2) is 10.3 Å². The number of methoxy groups -OCH3 is 1. The lowest BCUT2D eigenvalue weighted by molar-refractivity contribution is 0.417. The van der Waals surface area contributed by atoms with Gasteiger partial charge in [0.2, 0.25) is 5.95 Å². The van der Waals surface area contributed by atoms with Crippen molar-refractivity contribution in [3.63, 3.8) is 0 Å². The van der Waals surface area contributed by atoms with Gasteiger partial charge in [0.1, 0.15) is 26.0 Å². The Morgan fingerprint density at radius 3 is 2.06 bits per heavy atom. The Morgan fingerprint density at radius 1 is 0.816 bits per heavy atom. The zero-order chi connectivity index (χ0) is 36.0. The fourth-order valence-corrected chi connectivity index (χ4v) is 8.13. The van der Waals surface area contributed by atoms with E-state index < -0.39 is 45.9 Å². The fourth-order valence-electron chi connectivity index (χ4n) is 4.31. The molecule has 4 aromatic rings. The molecule has 0 atom stereocenters. The number of thioether (sulfide) groups is 2. The van der Waals surface area contributed by atoms with Gasteiger partial charge >= 0.3 is 0 Å². The summed E-state index contributed by atoms with van der Waals surface area (Å²) < 4.78 is 110. The highest BCUT2D eigenvalue weighted by molar-refractivity contribution is 7.99. The zero-order valence-corrected chi connectivity index (χ0v) is 30.2. The van der Waals surface area contributed by atoms with Crippen molar-refractivity contribution >= 4 is 87.7 Å². The summed E-state index contributed by atoms with van der Waals surface area (Å²) in [6, 6.07) is 8.61. The fraction of sp³-hybridized carbons (Fsp3) is 0.321. The third-order valence-electron chi connectivity index (χ3n) is 6.57. The van der Waals surface area contributed by atoms with Gasteiger partial charge < -0.3 is 23.7 Å². The van der Waals surface area contributed by atoms with E-state index in [0.29, 0.717) is 27.3 Å². The summed E-state index contributed by atoms with van der Waals surface area (Å²) >= 11 is 2.60. The summed E-state index contributed by atoms with van der Waals surface area (Å²) in [6.45, 7) is 3.75. The molecule has 0 unspecified atom stereocenters. The monoisotopic (exact) mass is 769 g/mol. The first kappa shape index (κ1) is 38.4. The van der Waals surface area contributed by atoms with Crippen LogP contribution in [0.15, 0.2) is 72.8 Å². The number of aryl methyl sites for hydroxylation is 1. The van der Waals surface area contributed by atoms with Gasteiger partial charge in [0.05, 0.1) is 44.1 Å². The molecule has 264 valence electrons. The quantitative estimate of drug-likeness (QED) is 0.0662. The molecule has 0 fully saturated rings. The Bertz CT molecular complexity index is 2220. The number of rotatable bonds is 16. The van der Waals surface area contributed by atoms with Crippen LogP contribution >= 0.6 is 23.5 Å². The zero-order valence-electron chi connectivity index (χ0n) is 26.1. The van der Waals surface area contributed by atoms with Gasteiger partial charge in [-0.25, -0.2) is 25.3 Å². The van der Waals surface area contributed by atoms with E-state index in [1.807, 2.05) is 0 Å². The molecule has 3 aromatic carbocycles. The summed E-state index contributed by atoms with van der Waals surface area (Å²) in [7, 11) is -13.1. The molecular weight excluding hydrogens is 741 g/mol. The number of ether oxygens (including phenoxy) is 1. The SMILES string of the molecule is CCCCSc1nc(Nc2cc(C)c(N=Nc3cc(S(=O)(=O)[O-])c4cccc(S(=O)(=O)[O-])c4c3)cc2OC)nc(SCCCS(=O)(=O)[O-])n1. The van der Waals surface area contributed by atoms with Crippen molar-refractivity contribution in [2.45, 2.75) is 53.2 Å². The molecule has 0 saturated carbocycles. The molecular formula is C28H29N6O10S5-3. The lowest BCUT2D eigenvalue weighted by Crippen LogP contribution is -2.06. The summed E-state index contributed by atoms with van der Waals surface area (Å²) in [5, 5.41) is 11.5. The number of hydrogen-bond acceptors (Lipinski definition) is 18. The molecule has 0 radical (unpaired) electrons. The Labute approximate surface area is 291 Å². The van der Waals surface area contributed by atoms with Crippen LogP contribution in [0.25, 0.3) is 10.8 Å². The molecule has 0 spiro atoms. The van der Waals surface area contributed by atoms with E-state index in [1.165, 1.54) is 42.8 Å². The number of hydrogen-bond donors (Lipinski definition) is 1. The minimum Gasteiger partial charge on any atom is -0.748 e. The Balaban J connectivity index is 1.67. The molecule has 0 aliphatic rings. The van der Waals surface area contributed by atoms with E-state index >= 15 is 0 Å². The smallest absolute Gasteiger partial charge is 0.232 e. The average molecular weight is 770 g/mol. The normalized spacial score (nSPS) is 12.5. The second-order valence-corrected chi connectivity index (χ2v) is 16.6. The van der Waals surface area contributed by atoms with Crippen molar-refractivity contribution in [3.8, 4) is 5.75 Å². The van der Waals surface area contributed by atoms with E-state index in [-0.39, 0.29) is 40.3 Å². The largest absolute Gasteiger partial charge is 0.748 e. The van der Waals surface area contributed by atoms with E-state index in [2.05, 4.69) is 37.4 Å². The van der Waals surface area contributed by atoms with Crippen LogP contribution in [-0.2, 0) is 30.4 Å². The van der Waals surface area contributed by atoms with Crippen molar-refractivity contribution in [2.24, 2.45) is 10.2 Å². The second-order valence-electron chi connectivity index (χ2n) is 10.3. The average Bonchev–Trinajstić information content (AvgIpc) is 3.01. The van der Waals surface area contributed by atoms with Crippen LogP contribution < -0.4 is 10.1 Å². The maximum Gasteiger partial charge on any atom is 0.232 e. The molecule has 0 amide bonds. The lowest BCUT2D eigenvalue weighted by Gasteiger charge is -2.15. The molecule has 0 saturated heterocycles. The van der Waals surface area contributed by atoms with Gasteiger partial charge in [-0.2, -0.15) is 25.2 Å². The van der Waals surface area contributed by atoms with E-state index in [4.69, 9.17) is 4.74 Å². The predicted molar refractivity (Wildman–Crippen MR) is 180 cm³/mol. The maximum atomic E-state index is 12.0. The molecule has 0 aliphatic carbocycles. The first-order valence-electron chi connectivity index (χ1n) is 14.3. The highest BCUT2D eigenvalue weighted by Crippen LogP contribution is 2.37. The summed E-state index contributed by atoms with van der Waals surface area (Å²) in [4.78, 5) is 11.9. The number of benzene rings is 3. The molecule has 0 bridgehead atoms. The van der Waals surface area contributed by atoms with Crippen LogP contribution in [0.3, 0.4) is 0 Å². The van der Waals surface area contributed by atoms with E-state index in [9.17, 15) is 38.9 Å². The highest BCUT2D eigenvalue weighted by atomic mass is 32.2. The van der Waals surface area contributed by atoms with Gasteiger partial charge in [-0.1, -0.05) is 49.0 Å². The van der Waals surface area contributed by atoms with Crippen LogP contribution in [0.1, 0.15) is 31.7 Å². The van der Waals surface area contributed by atoms with Crippen molar-refractivity contribution in [1.82, 2.24) is 15.0 Å². The standard InChI is InChI=1S/C28H32N6O10S5/c1-4-5-10-45-27-30-26(31-28(32-27)46-11-7-12-47(35,36)37)29-22-13-17(2)21(16-23(22)44-3)34-33-18-14-20-19(25(15-18)49(41,42)43)8-6-9-24(20)48(38,39)40/h6,8-9,13-16H,4-5,7,10-12H2,1-3H3,(H,35,36,37)(H,38,39,40)(H,41,42,43)(H,29,30,31,32)/p-3. The van der Waals surface area contributed by atoms with Gasteiger partial charge in [0, 0.05) is 34.1 Å². The number of unbranched alkanes of at least 4 members (excludes halogenated alkanes) is 1. The van der Waals surface area contributed by atoms with Crippen LogP contribution in [-0.4, -0.2) is 78.2 Å². The number of anilines is 2. The number of azo groups is 1. The first-order valence-corrected chi connectivity index (χ1v) is 20.7. The minimum atomic E-state index is -5.11. The van der Waals surface area contributed by atoms with Gasteiger partial charge in [-0.15, -0.1) is 0 Å². The van der Waals surface area contributed by atoms with Crippen molar-refractivity contribution in [3.05, 3.63) is 48.0 Å². The second kappa shape index (κ2) is 16.1. The molecule has 0 aliphatic heterocycles. The van der Waals surface area contributed by atoms with E-state index in [0.717, 1.165) is 42.9 Å². The number of nitrogens with zero attached hydrogens (tertiary/aromatic N) is 5. The molecule has 21 heteroatoms. The Kier molecular flexibility index (Phi) is 12.6. The van der Waals surface area contributed by atoms with Gasteiger partial charge in [0.25, 0.3) is 0 Å². The maximum absolute atomic E-state index is 12.0. The van der Waals surface area contributed by atoms with Gasteiger partial charge in [-0.05, 0) is 49.6 Å². The molecule has 1 aromatic heterocycles. The Hall–Kier alpha value is -3.44. The third kappa shape index (κ3) is 10.8. The van der Waals surface area contributed by atoms with Crippen molar-refractivity contribution in [1.29, 1.82) is 0 Å². The molecule has 1 N–H and O–H groups in total. The van der Waals surface area contributed by atoms with Crippen molar-refractivity contribution in [2.75, 3.05) is 29.7 Å². The number of nitrogens with one attached hydrogen (secondary N) is 1. The first-order chi connectivity index (χ1) is 23.0. The number of aromatic nitrogens is 3. The van der Waals surface area contributed by atoms with Crippen LogP contribution in [0.5, 0.6) is 5.75 Å². The summed E-state index contributed by atoms with van der Waals surface area (Å²) in [5.74, 6) is 0.994. The van der Waals surface area contributed by atoms with Crippen LogP contribution in [0, 0.1) is 6.92 Å². The summed E-state index contributed by atoms with van der Waals surface area (Å²) in [6.07, 6.45) is 2.02. The highest BCUT2D eigenvalue weighted by Gasteiger charge is 2.17.